The van der Waals surface area contributed by atoms with Gasteiger partial charge in [0, 0.05) is 22.0 Å². The Morgan fingerprint density at radius 3 is 2.71 bits per heavy atom. The second-order valence-electron chi connectivity index (χ2n) is 3.51. The van der Waals surface area contributed by atoms with Crippen LogP contribution in [0.5, 0.6) is 5.75 Å². The molecule has 1 aliphatic rings. The van der Waals surface area contributed by atoms with Gasteiger partial charge in [-0.05, 0) is 18.6 Å². The molecule has 0 radical (unpaired) electrons. The van der Waals surface area contributed by atoms with Crippen LogP contribution in [0.2, 0.25) is 0 Å². The van der Waals surface area contributed by atoms with E-state index in [0.717, 1.165) is 6.42 Å². The van der Waals surface area contributed by atoms with E-state index in [-0.39, 0.29) is 17.8 Å². The highest BCUT2D eigenvalue weighted by atomic mass is 79.9. The van der Waals surface area contributed by atoms with Gasteiger partial charge < -0.3 is 10.5 Å². The van der Waals surface area contributed by atoms with Crippen molar-refractivity contribution >= 4 is 15.9 Å². The highest BCUT2D eigenvalue weighted by molar-refractivity contribution is 9.10. The normalized spacial score (nSPS) is 24.9. The van der Waals surface area contributed by atoms with Crippen LogP contribution in [0.25, 0.3) is 0 Å². The first-order valence-electron chi connectivity index (χ1n) is 4.42. The van der Waals surface area contributed by atoms with Crippen LogP contribution >= 0.6 is 15.9 Å². The first-order valence-corrected chi connectivity index (χ1v) is 5.21. The summed E-state index contributed by atoms with van der Waals surface area (Å²) in [5.74, 6) is 0.460. The lowest BCUT2D eigenvalue weighted by atomic mass is 10.1. The molecule has 2 N–H and O–H groups in total. The van der Waals surface area contributed by atoms with E-state index < -0.39 is 0 Å². The third-order valence-corrected chi connectivity index (χ3v) is 2.94. The second kappa shape index (κ2) is 3.51. The average molecular weight is 260 g/mol. The van der Waals surface area contributed by atoms with Gasteiger partial charge in [0.2, 0.25) is 0 Å². The van der Waals surface area contributed by atoms with Crippen molar-refractivity contribution < 1.29 is 9.13 Å². The van der Waals surface area contributed by atoms with Crippen LogP contribution in [0.15, 0.2) is 16.6 Å². The largest absolute Gasteiger partial charge is 0.496 e. The summed E-state index contributed by atoms with van der Waals surface area (Å²) in [5, 5.41) is 0. The summed E-state index contributed by atoms with van der Waals surface area (Å²) >= 11 is 3.22. The summed E-state index contributed by atoms with van der Waals surface area (Å²) < 4.78 is 19.4. The number of methoxy groups -OCH3 is 1. The van der Waals surface area contributed by atoms with Crippen LogP contribution < -0.4 is 10.5 Å². The van der Waals surface area contributed by atoms with E-state index >= 15 is 0 Å². The van der Waals surface area contributed by atoms with Crippen LogP contribution in [0.1, 0.15) is 17.9 Å². The summed E-state index contributed by atoms with van der Waals surface area (Å²) in [6.45, 7) is 0. The fourth-order valence-corrected chi connectivity index (χ4v) is 2.05. The Labute approximate surface area is 90.4 Å². The SMILES string of the molecule is COc1cc(Br)cc(F)c1C1CC1N. The van der Waals surface area contributed by atoms with E-state index in [1.54, 1.807) is 13.2 Å². The van der Waals surface area contributed by atoms with Crippen molar-refractivity contribution in [1.29, 1.82) is 0 Å². The zero-order chi connectivity index (χ0) is 10.3. The van der Waals surface area contributed by atoms with Gasteiger partial charge in [-0.1, -0.05) is 15.9 Å². The van der Waals surface area contributed by atoms with Crippen molar-refractivity contribution in [3.8, 4) is 5.75 Å². The van der Waals surface area contributed by atoms with Crippen LogP contribution in [-0.2, 0) is 0 Å². The number of nitrogens with two attached hydrogens (primary N) is 1. The molecule has 0 amide bonds. The highest BCUT2D eigenvalue weighted by Crippen LogP contribution is 2.45. The van der Waals surface area contributed by atoms with Gasteiger partial charge in [0.1, 0.15) is 11.6 Å². The number of hydrogen-bond acceptors (Lipinski definition) is 2. The van der Waals surface area contributed by atoms with Crippen molar-refractivity contribution in [3.05, 3.63) is 28.0 Å². The molecule has 0 bridgehead atoms. The van der Waals surface area contributed by atoms with E-state index in [1.165, 1.54) is 6.07 Å². The molecule has 0 aromatic heterocycles. The number of hydrogen-bond donors (Lipinski definition) is 1. The molecule has 1 aromatic rings. The third kappa shape index (κ3) is 1.64. The lowest BCUT2D eigenvalue weighted by molar-refractivity contribution is 0.404. The maximum absolute atomic E-state index is 13.6. The number of ether oxygens (including phenoxy) is 1. The summed E-state index contributed by atoms with van der Waals surface area (Å²) in [4.78, 5) is 0. The maximum Gasteiger partial charge on any atom is 0.131 e. The van der Waals surface area contributed by atoms with Gasteiger partial charge in [0.15, 0.2) is 0 Å². The number of halogens is 2. The van der Waals surface area contributed by atoms with Gasteiger partial charge in [-0.2, -0.15) is 0 Å². The molecule has 2 rings (SSSR count). The molecule has 2 unspecified atom stereocenters. The van der Waals surface area contributed by atoms with E-state index in [4.69, 9.17) is 10.5 Å². The minimum absolute atomic E-state index is 0.0829. The molecule has 1 aromatic carbocycles. The highest BCUT2D eigenvalue weighted by Gasteiger charge is 2.39. The van der Waals surface area contributed by atoms with Crippen molar-refractivity contribution in [2.24, 2.45) is 5.73 Å². The predicted molar refractivity (Wildman–Crippen MR) is 56.0 cm³/mol. The smallest absolute Gasteiger partial charge is 0.131 e. The Hall–Kier alpha value is -0.610. The zero-order valence-electron chi connectivity index (χ0n) is 7.76. The van der Waals surface area contributed by atoms with Gasteiger partial charge >= 0.3 is 0 Å². The fraction of sp³-hybridized carbons (Fsp3) is 0.400. The number of benzene rings is 1. The van der Waals surface area contributed by atoms with Gasteiger partial charge in [-0.25, -0.2) is 4.39 Å². The van der Waals surface area contributed by atoms with Gasteiger partial charge in [0.05, 0.1) is 7.11 Å². The standard InChI is InChI=1S/C10H11BrFNO/c1-14-9-3-5(11)2-7(12)10(9)6-4-8(6)13/h2-3,6,8H,4,13H2,1H3. The fourth-order valence-electron chi connectivity index (χ4n) is 1.64. The lowest BCUT2D eigenvalue weighted by Gasteiger charge is -2.09. The predicted octanol–water partition coefficient (Wildman–Crippen LogP) is 2.41. The van der Waals surface area contributed by atoms with Gasteiger partial charge in [-0.15, -0.1) is 0 Å². The van der Waals surface area contributed by atoms with Crippen LogP contribution in [-0.4, -0.2) is 13.2 Å². The van der Waals surface area contributed by atoms with Crippen molar-refractivity contribution in [2.45, 2.75) is 18.4 Å². The molecule has 0 aliphatic heterocycles. The summed E-state index contributed by atoms with van der Waals surface area (Å²) in [6.07, 6.45) is 0.842. The number of rotatable bonds is 2. The van der Waals surface area contributed by atoms with E-state index in [0.29, 0.717) is 15.8 Å². The van der Waals surface area contributed by atoms with Crippen LogP contribution in [0, 0.1) is 5.82 Å². The van der Waals surface area contributed by atoms with Crippen molar-refractivity contribution in [2.75, 3.05) is 7.11 Å². The first kappa shape index (κ1) is 9.93. The van der Waals surface area contributed by atoms with Crippen LogP contribution in [0.3, 0.4) is 0 Å². The molecule has 2 atom stereocenters. The molecule has 0 spiro atoms. The quantitative estimate of drug-likeness (QED) is 0.886. The molecule has 1 fully saturated rings. The maximum atomic E-state index is 13.6. The van der Waals surface area contributed by atoms with Crippen LogP contribution in [0.4, 0.5) is 4.39 Å². The summed E-state index contributed by atoms with van der Waals surface area (Å²) in [6, 6.07) is 3.30. The van der Waals surface area contributed by atoms with E-state index in [2.05, 4.69) is 15.9 Å². The Morgan fingerprint density at radius 1 is 1.57 bits per heavy atom. The first-order chi connectivity index (χ1) is 6.63. The van der Waals surface area contributed by atoms with Gasteiger partial charge in [-0.3, -0.25) is 0 Å². The second-order valence-corrected chi connectivity index (χ2v) is 4.43. The van der Waals surface area contributed by atoms with Crippen molar-refractivity contribution in [1.82, 2.24) is 0 Å². The molecule has 0 heterocycles. The Balaban J connectivity index is 2.46. The monoisotopic (exact) mass is 259 g/mol. The van der Waals surface area contributed by atoms with E-state index in [1.807, 2.05) is 0 Å². The molecule has 1 saturated carbocycles. The Bertz CT molecular complexity index is 369. The average Bonchev–Trinajstić information content (AvgIpc) is 2.80. The molecule has 1 aliphatic carbocycles. The topological polar surface area (TPSA) is 35.2 Å². The van der Waals surface area contributed by atoms with Gasteiger partial charge in [0.25, 0.3) is 0 Å². The van der Waals surface area contributed by atoms with E-state index in [9.17, 15) is 4.39 Å². The zero-order valence-corrected chi connectivity index (χ0v) is 9.34. The summed E-state index contributed by atoms with van der Waals surface area (Å²) in [5.41, 5.74) is 6.31. The molecular weight excluding hydrogens is 249 g/mol. The molecule has 0 saturated heterocycles. The summed E-state index contributed by atoms with van der Waals surface area (Å²) in [7, 11) is 1.54. The molecule has 4 heteroatoms. The van der Waals surface area contributed by atoms with Crippen molar-refractivity contribution in [3.63, 3.8) is 0 Å². The molecule has 76 valence electrons. The molecular formula is C10H11BrFNO. The Morgan fingerprint density at radius 2 is 2.21 bits per heavy atom. The lowest BCUT2D eigenvalue weighted by Crippen LogP contribution is -2.04. The minimum atomic E-state index is -0.242. The molecule has 2 nitrogen and oxygen atoms in total. The minimum Gasteiger partial charge on any atom is -0.496 e. The molecule has 14 heavy (non-hydrogen) atoms. The third-order valence-electron chi connectivity index (χ3n) is 2.49. The Kier molecular flexibility index (Phi) is 2.49.